The third-order valence-electron chi connectivity index (χ3n) is 6.52. The number of amides is 2. The van der Waals surface area contributed by atoms with Gasteiger partial charge < -0.3 is 20.5 Å². The Morgan fingerprint density at radius 1 is 0.971 bits per heavy atom. The van der Waals surface area contributed by atoms with Gasteiger partial charge in [-0.25, -0.2) is 4.79 Å². The van der Waals surface area contributed by atoms with Crippen LogP contribution in [0.3, 0.4) is 0 Å². The topological polar surface area (TPSA) is 105 Å². The molecule has 0 radical (unpaired) electrons. The highest BCUT2D eigenvalue weighted by atomic mass is 16.5. The Balaban J connectivity index is 1.66. The van der Waals surface area contributed by atoms with Crippen molar-refractivity contribution in [3.8, 4) is 11.1 Å². The highest BCUT2D eigenvalue weighted by molar-refractivity contribution is 5.86. The van der Waals surface area contributed by atoms with Crippen molar-refractivity contribution in [3.63, 3.8) is 0 Å². The van der Waals surface area contributed by atoms with Crippen molar-refractivity contribution in [3.05, 3.63) is 59.7 Å². The third kappa shape index (κ3) is 5.95. The number of alkyl carbamates (subject to hydrolysis) is 1. The van der Waals surface area contributed by atoms with Crippen LogP contribution in [0.25, 0.3) is 11.1 Å². The van der Waals surface area contributed by atoms with Gasteiger partial charge in [0.05, 0.1) is 6.42 Å². The summed E-state index contributed by atoms with van der Waals surface area (Å²) in [5.41, 5.74) is 4.52. The van der Waals surface area contributed by atoms with Crippen molar-refractivity contribution in [2.24, 2.45) is 5.92 Å². The molecule has 0 bridgehead atoms. The SMILES string of the molecule is CCC[C@H](CC(=O)O)NC(=O)[C@@H](NC(=O)OCC1c2ccccc2-c2ccccc21)[C@@H](C)CC. The molecule has 0 aliphatic heterocycles. The fraction of sp³-hybridized carbons (Fsp3) is 0.444. The van der Waals surface area contributed by atoms with E-state index in [1.165, 1.54) is 0 Å². The molecular formula is C27H34N2O5. The van der Waals surface area contributed by atoms with E-state index in [1.54, 1.807) is 0 Å². The van der Waals surface area contributed by atoms with Crippen molar-refractivity contribution in [2.75, 3.05) is 6.61 Å². The van der Waals surface area contributed by atoms with Gasteiger partial charge in [-0.1, -0.05) is 82.1 Å². The standard InChI is InChI=1S/C27H34N2O5/c1-4-10-18(15-24(30)31)28-26(32)25(17(3)5-2)29-27(33)34-16-23-21-13-8-6-11-19(21)20-12-7-9-14-22(20)23/h6-9,11-14,17-18,23,25H,4-5,10,15-16H2,1-3H3,(H,28,32)(H,29,33)(H,30,31)/t17-,18+,25-/m0/s1. The van der Waals surface area contributed by atoms with E-state index in [9.17, 15) is 14.4 Å². The quantitative estimate of drug-likeness (QED) is 0.445. The van der Waals surface area contributed by atoms with Crippen LogP contribution < -0.4 is 10.6 Å². The number of hydrogen-bond acceptors (Lipinski definition) is 4. The molecule has 7 heteroatoms. The number of ether oxygens (including phenoxy) is 1. The summed E-state index contributed by atoms with van der Waals surface area (Å²) >= 11 is 0. The third-order valence-corrected chi connectivity index (χ3v) is 6.52. The first-order valence-corrected chi connectivity index (χ1v) is 12.0. The summed E-state index contributed by atoms with van der Waals surface area (Å²) in [4.78, 5) is 36.8. The van der Waals surface area contributed by atoms with E-state index in [4.69, 9.17) is 9.84 Å². The van der Waals surface area contributed by atoms with Crippen LogP contribution in [-0.4, -0.2) is 41.8 Å². The zero-order valence-corrected chi connectivity index (χ0v) is 20.0. The molecular weight excluding hydrogens is 432 g/mol. The number of nitrogens with one attached hydrogen (secondary N) is 2. The van der Waals surface area contributed by atoms with Gasteiger partial charge in [0.2, 0.25) is 5.91 Å². The predicted octanol–water partition coefficient (Wildman–Crippen LogP) is 4.70. The van der Waals surface area contributed by atoms with Crippen molar-refractivity contribution in [1.82, 2.24) is 10.6 Å². The van der Waals surface area contributed by atoms with Crippen LogP contribution in [0.5, 0.6) is 0 Å². The van der Waals surface area contributed by atoms with Crippen molar-refractivity contribution in [2.45, 2.75) is 64.5 Å². The van der Waals surface area contributed by atoms with Gasteiger partial charge in [0.15, 0.2) is 0 Å². The fourth-order valence-corrected chi connectivity index (χ4v) is 4.54. The molecule has 0 spiro atoms. The molecule has 2 aromatic rings. The van der Waals surface area contributed by atoms with Gasteiger partial charge >= 0.3 is 12.1 Å². The van der Waals surface area contributed by atoms with E-state index in [1.807, 2.05) is 57.2 Å². The monoisotopic (exact) mass is 466 g/mol. The second-order valence-corrected chi connectivity index (χ2v) is 8.93. The maximum absolute atomic E-state index is 13.0. The van der Waals surface area contributed by atoms with Crippen molar-refractivity contribution in [1.29, 1.82) is 0 Å². The molecule has 3 atom stereocenters. The maximum Gasteiger partial charge on any atom is 0.407 e. The number of carbonyl (C=O) groups excluding carboxylic acids is 2. The van der Waals surface area contributed by atoms with Gasteiger partial charge in [-0.3, -0.25) is 9.59 Å². The summed E-state index contributed by atoms with van der Waals surface area (Å²) in [6.45, 7) is 5.90. The highest BCUT2D eigenvalue weighted by Gasteiger charge is 2.31. The van der Waals surface area contributed by atoms with Gasteiger partial charge in [0.1, 0.15) is 12.6 Å². The zero-order chi connectivity index (χ0) is 24.7. The van der Waals surface area contributed by atoms with Crippen LogP contribution in [-0.2, 0) is 14.3 Å². The first-order valence-electron chi connectivity index (χ1n) is 12.0. The second kappa shape index (κ2) is 11.7. The number of hydrogen-bond donors (Lipinski definition) is 3. The number of carboxylic acids is 1. The van der Waals surface area contributed by atoms with E-state index in [0.29, 0.717) is 12.8 Å². The average molecular weight is 467 g/mol. The van der Waals surface area contributed by atoms with Crippen LogP contribution in [0.4, 0.5) is 4.79 Å². The van der Waals surface area contributed by atoms with Crippen LogP contribution in [0.15, 0.2) is 48.5 Å². The van der Waals surface area contributed by atoms with E-state index in [-0.39, 0.29) is 30.8 Å². The summed E-state index contributed by atoms with van der Waals surface area (Å²) < 4.78 is 5.61. The first-order chi connectivity index (χ1) is 16.3. The van der Waals surface area contributed by atoms with E-state index < -0.39 is 24.1 Å². The minimum atomic E-state index is -0.969. The number of fused-ring (bicyclic) bond motifs is 3. The second-order valence-electron chi connectivity index (χ2n) is 8.93. The molecule has 2 aromatic carbocycles. The van der Waals surface area contributed by atoms with Crippen LogP contribution in [0.2, 0.25) is 0 Å². The Kier molecular flexibility index (Phi) is 8.68. The van der Waals surface area contributed by atoms with Gasteiger partial charge in [-0.05, 0) is 34.6 Å². The molecule has 0 heterocycles. The van der Waals surface area contributed by atoms with Crippen LogP contribution in [0.1, 0.15) is 63.5 Å². The Bertz CT molecular complexity index is 976. The largest absolute Gasteiger partial charge is 0.481 e. The molecule has 0 saturated carbocycles. The molecule has 0 saturated heterocycles. The van der Waals surface area contributed by atoms with Crippen LogP contribution >= 0.6 is 0 Å². The van der Waals surface area contributed by atoms with Gasteiger partial charge in [-0.2, -0.15) is 0 Å². The Hall–Kier alpha value is -3.35. The van der Waals surface area contributed by atoms with Crippen LogP contribution in [0, 0.1) is 5.92 Å². The lowest BCUT2D eigenvalue weighted by molar-refractivity contribution is -0.137. The molecule has 182 valence electrons. The molecule has 7 nitrogen and oxygen atoms in total. The fourth-order valence-electron chi connectivity index (χ4n) is 4.54. The molecule has 0 fully saturated rings. The lowest BCUT2D eigenvalue weighted by Crippen LogP contribution is -2.53. The summed E-state index contributed by atoms with van der Waals surface area (Å²) in [5, 5.41) is 14.7. The molecule has 3 rings (SSSR count). The maximum atomic E-state index is 13.0. The first kappa shape index (κ1) is 25.3. The summed E-state index contributed by atoms with van der Waals surface area (Å²) in [5.74, 6) is -1.57. The van der Waals surface area contributed by atoms with Crippen molar-refractivity contribution >= 4 is 18.0 Å². The Morgan fingerprint density at radius 2 is 1.56 bits per heavy atom. The zero-order valence-electron chi connectivity index (χ0n) is 20.0. The number of carbonyl (C=O) groups is 3. The molecule has 0 aromatic heterocycles. The number of aliphatic carboxylic acids is 1. The minimum Gasteiger partial charge on any atom is -0.481 e. The summed E-state index contributed by atoms with van der Waals surface area (Å²) in [6.07, 6.45) is 1.15. The Labute approximate surface area is 200 Å². The summed E-state index contributed by atoms with van der Waals surface area (Å²) in [7, 11) is 0. The minimum absolute atomic E-state index is 0.0708. The van der Waals surface area contributed by atoms with Gasteiger partial charge in [-0.15, -0.1) is 0 Å². The molecule has 0 unspecified atom stereocenters. The average Bonchev–Trinajstić information content (AvgIpc) is 3.14. The Morgan fingerprint density at radius 3 is 2.09 bits per heavy atom. The smallest absolute Gasteiger partial charge is 0.407 e. The van der Waals surface area contributed by atoms with Crippen molar-refractivity contribution < 1.29 is 24.2 Å². The van der Waals surface area contributed by atoms with E-state index in [0.717, 1.165) is 28.7 Å². The highest BCUT2D eigenvalue weighted by Crippen LogP contribution is 2.44. The number of rotatable bonds is 11. The molecule has 1 aliphatic carbocycles. The molecule has 1 aliphatic rings. The number of carboxylic acid groups (broad SMARTS) is 1. The normalized spacial score (nSPS) is 14.9. The van der Waals surface area contributed by atoms with Gasteiger partial charge in [0, 0.05) is 12.0 Å². The molecule has 2 amide bonds. The predicted molar refractivity (Wildman–Crippen MR) is 131 cm³/mol. The molecule has 34 heavy (non-hydrogen) atoms. The van der Waals surface area contributed by atoms with E-state index in [2.05, 4.69) is 22.8 Å². The number of benzene rings is 2. The summed E-state index contributed by atoms with van der Waals surface area (Å²) in [6, 6.07) is 14.9. The van der Waals surface area contributed by atoms with Gasteiger partial charge in [0.25, 0.3) is 0 Å². The lowest BCUT2D eigenvalue weighted by atomic mass is 9.97. The van der Waals surface area contributed by atoms with E-state index >= 15 is 0 Å². The molecule has 3 N–H and O–H groups in total. The lowest BCUT2D eigenvalue weighted by Gasteiger charge is -2.26.